The van der Waals surface area contributed by atoms with Crippen molar-refractivity contribution in [2.75, 3.05) is 39.4 Å². The van der Waals surface area contributed by atoms with E-state index in [4.69, 9.17) is 14.1 Å². The highest BCUT2D eigenvalue weighted by Gasteiger charge is 2.25. The smallest absolute Gasteiger partial charge is 0.191 e. The number of guanidine groups is 1. The van der Waals surface area contributed by atoms with Gasteiger partial charge in [-0.25, -0.2) is 4.99 Å². The molecule has 2 N–H and O–H groups in total. The van der Waals surface area contributed by atoms with E-state index in [0.29, 0.717) is 6.54 Å². The Morgan fingerprint density at radius 2 is 2.07 bits per heavy atom. The van der Waals surface area contributed by atoms with E-state index in [-0.39, 0.29) is 30.0 Å². The lowest BCUT2D eigenvalue weighted by atomic mass is 10.1. The molecule has 1 fully saturated rings. The van der Waals surface area contributed by atoms with E-state index >= 15 is 0 Å². The van der Waals surface area contributed by atoms with Gasteiger partial charge in [0.15, 0.2) is 5.96 Å². The zero-order valence-electron chi connectivity index (χ0n) is 15.9. The van der Waals surface area contributed by atoms with E-state index in [2.05, 4.69) is 46.0 Å². The quantitative estimate of drug-likeness (QED) is 0.344. The number of nitrogens with zero attached hydrogens (tertiary/aromatic N) is 2. The van der Waals surface area contributed by atoms with Crippen molar-refractivity contribution in [1.82, 2.24) is 15.5 Å². The van der Waals surface area contributed by atoms with Gasteiger partial charge in [0.2, 0.25) is 0 Å². The minimum absolute atomic E-state index is 0. The summed E-state index contributed by atoms with van der Waals surface area (Å²) in [6.07, 6.45) is 0. The van der Waals surface area contributed by atoms with Gasteiger partial charge in [0, 0.05) is 31.1 Å². The Morgan fingerprint density at radius 3 is 2.70 bits per heavy atom. The number of furan rings is 1. The van der Waals surface area contributed by atoms with E-state index in [1.807, 2.05) is 13.0 Å². The predicted octanol–water partition coefficient (Wildman–Crippen LogP) is 3.40. The van der Waals surface area contributed by atoms with Crippen LogP contribution >= 0.6 is 35.3 Å². The summed E-state index contributed by atoms with van der Waals surface area (Å²) in [5.74, 6) is 2.77. The van der Waals surface area contributed by atoms with Gasteiger partial charge in [-0.1, -0.05) is 6.07 Å². The second-order valence-electron chi connectivity index (χ2n) is 6.27. The summed E-state index contributed by atoms with van der Waals surface area (Å²) in [4.78, 5) is 8.38. The van der Waals surface area contributed by atoms with Gasteiger partial charge < -0.3 is 19.8 Å². The lowest BCUT2D eigenvalue weighted by Gasteiger charge is -2.33. The summed E-state index contributed by atoms with van der Waals surface area (Å²) in [5.41, 5.74) is 0. The number of hydrogen-bond donors (Lipinski definition) is 2. The van der Waals surface area contributed by atoms with Crippen LogP contribution in [0.1, 0.15) is 29.4 Å². The molecule has 6 nitrogen and oxygen atoms in total. The lowest BCUT2D eigenvalue weighted by molar-refractivity contribution is 0.0124. The molecule has 1 aliphatic rings. The molecule has 8 heteroatoms. The number of thiophene rings is 1. The van der Waals surface area contributed by atoms with Crippen LogP contribution in [-0.4, -0.2) is 50.3 Å². The third-order valence-electron chi connectivity index (χ3n) is 4.36. The Kier molecular flexibility index (Phi) is 9.60. The van der Waals surface area contributed by atoms with E-state index < -0.39 is 0 Å². The predicted molar refractivity (Wildman–Crippen MR) is 121 cm³/mol. The van der Waals surface area contributed by atoms with Gasteiger partial charge in [-0.3, -0.25) is 4.90 Å². The number of aryl methyl sites for hydroxylation is 1. The molecule has 2 aromatic heterocycles. The Hall–Kier alpha value is -1.10. The maximum Gasteiger partial charge on any atom is 0.191 e. The minimum atomic E-state index is 0. The van der Waals surface area contributed by atoms with E-state index in [9.17, 15) is 0 Å². The monoisotopic (exact) mass is 504 g/mol. The highest BCUT2D eigenvalue weighted by atomic mass is 127. The Bertz CT molecular complexity index is 684. The largest absolute Gasteiger partial charge is 0.465 e. The molecule has 1 saturated heterocycles. The second-order valence-corrected chi connectivity index (χ2v) is 7.30. The van der Waals surface area contributed by atoms with Gasteiger partial charge in [0.1, 0.15) is 11.5 Å². The third-order valence-corrected chi connectivity index (χ3v) is 5.22. The molecule has 0 aliphatic carbocycles. The van der Waals surface area contributed by atoms with Gasteiger partial charge in [0.25, 0.3) is 0 Å². The van der Waals surface area contributed by atoms with Gasteiger partial charge in [-0.2, -0.15) is 0 Å². The molecule has 0 bridgehead atoms. The van der Waals surface area contributed by atoms with Crippen LogP contribution in [0.5, 0.6) is 0 Å². The first-order chi connectivity index (χ1) is 12.8. The van der Waals surface area contributed by atoms with Crippen molar-refractivity contribution in [2.24, 2.45) is 4.99 Å². The van der Waals surface area contributed by atoms with Crippen molar-refractivity contribution < 1.29 is 9.15 Å². The molecule has 2 aromatic rings. The van der Waals surface area contributed by atoms with Crippen LogP contribution in [0.2, 0.25) is 0 Å². The number of rotatable bonds is 7. The number of aliphatic imine (C=N–C) groups is 1. The molecule has 1 aliphatic heterocycles. The molecular formula is C19H29IN4O2S. The molecule has 27 heavy (non-hydrogen) atoms. The van der Waals surface area contributed by atoms with Crippen molar-refractivity contribution in [3.8, 4) is 0 Å². The van der Waals surface area contributed by atoms with Crippen LogP contribution in [0.4, 0.5) is 0 Å². The molecule has 0 aromatic carbocycles. The number of hydrogen-bond acceptors (Lipinski definition) is 5. The summed E-state index contributed by atoms with van der Waals surface area (Å²) in [5, 5.41) is 8.90. The standard InChI is InChI=1S/C19H28N4O2S.HI/c1-3-20-19(21-13-16-5-4-12-26-16)22-14-17(18-7-6-15(2)25-18)23-8-10-24-11-9-23;/h4-7,12,17H,3,8-11,13-14H2,1-2H3,(H2,20,21,22);1H. The van der Waals surface area contributed by atoms with Gasteiger partial charge in [-0.15, -0.1) is 35.3 Å². The van der Waals surface area contributed by atoms with Crippen LogP contribution in [-0.2, 0) is 11.3 Å². The fourth-order valence-electron chi connectivity index (χ4n) is 3.03. The Morgan fingerprint density at radius 1 is 1.26 bits per heavy atom. The first-order valence-electron chi connectivity index (χ1n) is 9.19. The second kappa shape index (κ2) is 11.7. The lowest BCUT2D eigenvalue weighted by Crippen LogP contribution is -2.46. The zero-order valence-corrected chi connectivity index (χ0v) is 19.1. The maximum atomic E-state index is 5.93. The SMILES string of the molecule is CCNC(=NCc1cccs1)NCC(c1ccc(C)o1)N1CCOCC1.I. The Labute approximate surface area is 182 Å². The molecule has 0 radical (unpaired) electrons. The van der Waals surface area contributed by atoms with Crippen LogP contribution in [0.25, 0.3) is 0 Å². The molecule has 0 spiro atoms. The molecule has 1 atom stereocenters. The third kappa shape index (κ3) is 6.78. The fraction of sp³-hybridized carbons (Fsp3) is 0.526. The topological polar surface area (TPSA) is 62.0 Å². The maximum absolute atomic E-state index is 5.93. The average Bonchev–Trinajstić information content (AvgIpc) is 3.32. The van der Waals surface area contributed by atoms with Crippen molar-refractivity contribution in [1.29, 1.82) is 0 Å². The summed E-state index contributed by atoms with van der Waals surface area (Å²) in [6, 6.07) is 8.44. The van der Waals surface area contributed by atoms with Crippen LogP contribution in [0.3, 0.4) is 0 Å². The van der Waals surface area contributed by atoms with Crippen LogP contribution < -0.4 is 10.6 Å². The number of morpholine rings is 1. The molecule has 3 heterocycles. The first-order valence-corrected chi connectivity index (χ1v) is 10.1. The highest BCUT2D eigenvalue weighted by Crippen LogP contribution is 2.23. The number of nitrogens with one attached hydrogen (secondary N) is 2. The summed E-state index contributed by atoms with van der Waals surface area (Å²) >= 11 is 1.73. The molecule has 0 saturated carbocycles. The van der Waals surface area contributed by atoms with Gasteiger partial charge >= 0.3 is 0 Å². The summed E-state index contributed by atoms with van der Waals surface area (Å²) < 4.78 is 11.4. The van der Waals surface area contributed by atoms with Crippen molar-refractivity contribution in [2.45, 2.75) is 26.4 Å². The highest BCUT2D eigenvalue weighted by molar-refractivity contribution is 14.0. The average molecular weight is 504 g/mol. The molecule has 3 rings (SSSR count). The van der Waals surface area contributed by atoms with Crippen LogP contribution in [0, 0.1) is 6.92 Å². The molecule has 0 amide bonds. The first kappa shape index (κ1) is 22.2. The fourth-order valence-corrected chi connectivity index (χ4v) is 3.65. The molecule has 150 valence electrons. The molecule has 1 unspecified atom stereocenters. The normalized spacial score (nSPS) is 16.6. The summed E-state index contributed by atoms with van der Waals surface area (Å²) in [6.45, 7) is 9.68. The van der Waals surface area contributed by atoms with Crippen molar-refractivity contribution in [3.63, 3.8) is 0 Å². The van der Waals surface area contributed by atoms with E-state index in [1.165, 1.54) is 4.88 Å². The zero-order chi connectivity index (χ0) is 18.2. The minimum Gasteiger partial charge on any atom is -0.465 e. The number of ether oxygens (including phenoxy) is 1. The van der Waals surface area contributed by atoms with Crippen molar-refractivity contribution >= 4 is 41.3 Å². The van der Waals surface area contributed by atoms with Crippen LogP contribution in [0.15, 0.2) is 39.1 Å². The van der Waals surface area contributed by atoms with Gasteiger partial charge in [0.05, 0.1) is 25.8 Å². The Balaban J connectivity index is 0.00000261. The van der Waals surface area contributed by atoms with Gasteiger partial charge in [-0.05, 0) is 37.4 Å². The van der Waals surface area contributed by atoms with E-state index in [1.54, 1.807) is 11.3 Å². The van der Waals surface area contributed by atoms with E-state index in [0.717, 1.165) is 56.9 Å². The summed E-state index contributed by atoms with van der Waals surface area (Å²) in [7, 11) is 0. The number of halogens is 1. The molecular weight excluding hydrogens is 475 g/mol. The van der Waals surface area contributed by atoms with Crippen molar-refractivity contribution in [3.05, 3.63) is 46.0 Å².